The van der Waals surface area contributed by atoms with Crippen molar-refractivity contribution in [3.8, 4) is 17.6 Å². The molecule has 0 atom stereocenters. The topological polar surface area (TPSA) is 112 Å². The lowest BCUT2D eigenvalue weighted by molar-refractivity contribution is -0.120. The van der Waals surface area contributed by atoms with Crippen LogP contribution in [0.1, 0.15) is 36.0 Å². The normalized spacial score (nSPS) is 14.2. The smallest absolute Gasteiger partial charge is 0.257 e. The lowest BCUT2D eigenvalue weighted by Crippen LogP contribution is -2.47. The van der Waals surface area contributed by atoms with Gasteiger partial charge in [-0.25, -0.2) is 0 Å². The van der Waals surface area contributed by atoms with Gasteiger partial charge < -0.3 is 25.4 Å². The van der Waals surface area contributed by atoms with Crippen LogP contribution in [0.15, 0.2) is 42.5 Å². The van der Waals surface area contributed by atoms with Gasteiger partial charge in [0.25, 0.3) is 5.91 Å². The molecule has 1 aliphatic carbocycles. The Balaban J connectivity index is 1.68. The Bertz CT molecular complexity index is 993. The van der Waals surface area contributed by atoms with E-state index in [1.165, 1.54) is 7.11 Å². The van der Waals surface area contributed by atoms with Gasteiger partial charge >= 0.3 is 0 Å². The Labute approximate surface area is 181 Å². The highest BCUT2D eigenvalue weighted by Gasteiger charge is 2.35. The fourth-order valence-corrected chi connectivity index (χ4v) is 3.66. The molecule has 2 aromatic rings. The van der Waals surface area contributed by atoms with Crippen LogP contribution in [0.2, 0.25) is 0 Å². The second kappa shape index (κ2) is 9.85. The zero-order valence-electron chi connectivity index (χ0n) is 17.7. The van der Waals surface area contributed by atoms with Crippen molar-refractivity contribution in [1.29, 1.82) is 5.26 Å². The predicted molar refractivity (Wildman–Crippen MR) is 117 cm³/mol. The van der Waals surface area contributed by atoms with Crippen LogP contribution in [0.4, 0.5) is 11.4 Å². The molecule has 8 nitrogen and oxygen atoms in total. The molecule has 0 radical (unpaired) electrons. The van der Waals surface area contributed by atoms with Crippen molar-refractivity contribution in [2.24, 2.45) is 0 Å². The van der Waals surface area contributed by atoms with E-state index in [-0.39, 0.29) is 18.4 Å². The van der Waals surface area contributed by atoms with Gasteiger partial charge in [0.15, 0.2) is 0 Å². The number of nitriles is 1. The lowest BCUT2D eigenvalue weighted by atomic mass is 10.00. The third-order valence-corrected chi connectivity index (χ3v) is 5.32. The maximum atomic E-state index is 12.9. The Hall–Kier alpha value is -3.73. The fourth-order valence-electron chi connectivity index (χ4n) is 3.66. The Kier molecular flexibility index (Phi) is 6.98. The summed E-state index contributed by atoms with van der Waals surface area (Å²) in [7, 11) is 3.06. The van der Waals surface area contributed by atoms with E-state index in [4.69, 9.17) is 9.47 Å². The van der Waals surface area contributed by atoms with Crippen molar-refractivity contribution in [2.45, 2.75) is 31.2 Å². The van der Waals surface area contributed by atoms with Crippen molar-refractivity contribution in [2.75, 3.05) is 31.4 Å². The van der Waals surface area contributed by atoms with Crippen LogP contribution < -0.4 is 25.4 Å². The first-order valence-electron chi connectivity index (χ1n) is 10.1. The molecule has 1 fully saturated rings. The number of benzene rings is 2. The molecule has 8 heteroatoms. The van der Waals surface area contributed by atoms with Crippen LogP contribution in [0.5, 0.6) is 11.5 Å². The van der Waals surface area contributed by atoms with Gasteiger partial charge in [0.05, 0.1) is 38.1 Å². The lowest BCUT2D eigenvalue weighted by Gasteiger charge is -2.22. The predicted octanol–water partition coefficient (Wildman–Crippen LogP) is 3.32. The van der Waals surface area contributed by atoms with E-state index in [2.05, 4.69) is 22.0 Å². The van der Waals surface area contributed by atoms with Gasteiger partial charge in [-0.05, 0) is 49.9 Å². The number of ether oxygens (including phenoxy) is 2. The van der Waals surface area contributed by atoms with Crippen LogP contribution in [0, 0.1) is 11.3 Å². The quantitative estimate of drug-likeness (QED) is 0.602. The number of rotatable bonds is 8. The summed E-state index contributed by atoms with van der Waals surface area (Å²) in [6.07, 6.45) is 3.19. The minimum atomic E-state index is -0.777. The van der Waals surface area contributed by atoms with E-state index >= 15 is 0 Å². The van der Waals surface area contributed by atoms with Crippen LogP contribution >= 0.6 is 0 Å². The third-order valence-electron chi connectivity index (χ3n) is 5.32. The first-order chi connectivity index (χ1) is 15.0. The first kappa shape index (κ1) is 22.0. The molecule has 3 rings (SSSR count). The molecule has 0 unspecified atom stereocenters. The highest BCUT2D eigenvalue weighted by Crippen LogP contribution is 2.30. The first-order valence-corrected chi connectivity index (χ1v) is 10.1. The number of para-hydroxylation sites is 1. The van der Waals surface area contributed by atoms with Gasteiger partial charge in [0, 0.05) is 11.8 Å². The van der Waals surface area contributed by atoms with Crippen molar-refractivity contribution >= 4 is 23.2 Å². The summed E-state index contributed by atoms with van der Waals surface area (Å²) in [6.45, 7) is -0.0421. The molecule has 2 aromatic carbocycles. The number of methoxy groups -OCH3 is 2. The molecule has 31 heavy (non-hydrogen) atoms. The Morgan fingerprint density at radius 3 is 2.48 bits per heavy atom. The number of amides is 2. The van der Waals surface area contributed by atoms with Gasteiger partial charge in [-0.3, -0.25) is 9.59 Å². The van der Waals surface area contributed by atoms with Gasteiger partial charge in [-0.1, -0.05) is 12.1 Å². The molecular formula is C23H26N4O4. The van der Waals surface area contributed by atoms with Crippen LogP contribution in [0.3, 0.4) is 0 Å². The zero-order chi connectivity index (χ0) is 22.3. The molecule has 1 aliphatic rings. The SMILES string of the molecule is COc1ccc(NC(=O)c2ccccc2NCC(=O)NC2(C#N)CCCC2)c(OC)c1. The summed E-state index contributed by atoms with van der Waals surface area (Å²) >= 11 is 0. The molecule has 0 spiro atoms. The average molecular weight is 422 g/mol. The summed E-state index contributed by atoms with van der Waals surface area (Å²) in [4.78, 5) is 25.3. The fraction of sp³-hybridized carbons (Fsp3) is 0.348. The van der Waals surface area contributed by atoms with Gasteiger partial charge in [0.1, 0.15) is 17.0 Å². The molecule has 1 saturated carbocycles. The summed E-state index contributed by atoms with van der Waals surface area (Å²) in [5.41, 5.74) is 0.614. The standard InChI is InChI=1S/C23H26N4O4/c1-30-16-9-10-19(20(13-16)31-2)26-22(29)17-7-3-4-8-18(17)25-14-21(28)27-23(15-24)11-5-6-12-23/h3-4,7-10,13,25H,5-6,11-12,14H2,1-2H3,(H,26,29)(H,27,28). The molecular weight excluding hydrogens is 396 g/mol. The third kappa shape index (κ3) is 5.25. The van der Waals surface area contributed by atoms with E-state index in [1.807, 2.05) is 0 Å². The van der Waals surface area contributed by atoms with Gasteiger partial charge in [-0.2, -0.15) is 5.26 Å². The molecule has 2 amide bonds. The second-order valence-corrected chi connectivity index (χ2v) is 7.37. The van der Waals surface area contributed by atoms with E-state index in [9.17, 15) is 14.9 Å². The summed E-state index contributed by atoms with van der Waals surface area (Å²) in [6, 6.07) is 14.2. The zero-order valence-corrected chi connectivity index (χ0v) is 17.7. The summed E-state index contributed by atoms with van der Waals surface area (Å²) < 4.78 is 10.5. The molecule has 0 aliphatic heterocycles. The van der Waals surface area contributed by atoms with Gasteiger partial charge in [-0.15, -0.1) is 0 Å². The molecule has 3 N–H and O–H groups in total. The van der Waals surface area contributed by atoms with Crippen molar-refractivity contribution in [3.63, 3.8) is 0 Å². The van der Waals surface area contributed by atoms with E-state index in [0.717, 1.165) is 12.8 Å². The number of nitrogens with one attached hydrogen (secondary N) is 3. The monoisotopic (exact) mass is 422 g/mol. The molecule has 0 aromatic heterocycles. The number of anilines is 2. The maximum Gasteiger partial charge on any atom is 0.257 e. The highest BCUT2D eigenvalue weighted by molar-refractivity contribution is 6.08. The number of carbonyl (C=O) groups is 2. The molecule has 0 saturated heterocycles. The van der Waals surface area contributed by atoms with Crippen molar-refractivity contribution in [1.82, 2.24) is 5.32 Å². The largest absolute Gasteiger partial charge is 0.497 e. The van der Waals surface area contributed by atoms with Crippen molar-refractivity contribution in [3.05, 3.63) is 48.0 Å². The average Bonchev–Trinajstić information content (AvgIpc) is 3.27. The van der Waals surface area contributed by atoms with Crippen LogP contribution in [0.25, 0.3) is 0 Å². The van der Waals surface area contributed by atoms with E-state index < -0.39 is 5.54 Å². The number of carbonyl (C=O) groups excluding carboxylic acids is 2. The maximum absolute atomic E-state index is 12.9. The number of hydrogen-bond donors (Lipinski definition) is 3. The summed E-state index contributed by atoms with van der Waals surface area (Å²) in [5.74, 6) is 0.447. The summed E-state index contributed by atoms with van der Waals surface area (Å²) in [5, 5.41) is 18.1. The minimum Gasteiger partial charge on any atom is -0.497 e. The van der Waals surface area contributed by atoms with E-state index in [1.54, 1.807) is 49.6 Å². The van der Waals surface area contributed by atoms with Crippen LogP contribution in [-0.2, 0) is 4.79 Å². The van der Waals surface area contributed by atoms with Crippen LogP contribution in [-0.4, -0.2) is 38.1 Å². The number of hydrogen-bond acceptors (Lipinski definition) is 6. The van der Waals surface area contributed by atoms with Gasteiger partial charge in [0.2, 0.25) is 5.91 Å². The molecule has 162 valence electrons. The highest BCUT2D eigenvalue weighted by atomic mass is 16.5. The van der Waals surface area contributed by atoms with E-state index in [0.29, 0.717) is 41.3 Å². The molecule has 0 heterocycles. The second-order valence-electron chi connectivity index (χ2n) is 7.37. The Morgan fingerprint density at radius 1 is 1.06 bits per heavy atom. The van der Waals surface area contributed by atoms with Crippen molar-refractivity contribution < 1.29 is 19.1 Å². The number of nitrogens with zero attached hydrogens (tertiary/aromatic N) is 1. The molecule has 0 bridgehead atoms. The Morgan fingerprint density at radius 2 is 1.81 bits per heavy atom. The minimum absolute atomic E-state index is 0.0421.